The Morgan fingerprint density at radius 3 is 3.00 bits per heavy atom. The van der Waals surface area contributed by atoms with Crippen LogP contribution in [0, 0.1) is 18.3 Å². The summed E-state index contributed by atoms with van der Waals surface area (Å²) in [5.41, 5.74) is 4.43. The van der Waals surface area contributed by atoms with Crippen molar-refractivity contribution in [1.82, 2.24) is 9.38 Å². The van der Waals surface area contributed by atoms with Gasteiger partial charge in [0.15, 0.2) is 0 Å². The summed E-state index contributed by atoms with van der Waals surface area (Å²) in [6, 6.07) is 13.3. The lowest BCUT2D eigenvalue weighted by molar-refractivity contribution is -0.115. The smallest absolute Gasteiger partial charge is 0.238 e. The molecule has 3 rings (SSSR count). The number of hydrogen-bond donors (Lipinski definition) is 1. The van der Waals surface area contributed by atoms with Gasteiger partial charge in [-0.15, -0.1) is 0 Å². The Bertz CT molecular complexity index is 889. The Morgan fingerprint density at radius 2 is 2.23 bits per heavy atom. The minimum atomic E-state index is -0.314. The number of pyridine rings is 1. The predicted molar refractivity (Wildman–Crippen MR) is 84.2 cm³/mol. The van der Waals surface area contributed by atoms with Crippen molar-refractivity contribution in [1.29, 1.82) is 5.26 Å². The summed E-state index contributed by atoms with van der Waals surface area (Å²) in [7, 11) is 0. The molecular weight excluding hydrogens is 276 g/mol. The number of anilines is 1. The number of aryl methyl sites for hydroxylation is 1. The summed E-state index contributed by atoms with van der Waals surface area (Å²) in [6.07, 6.45) is 3.76. The molecule has 0 bridgehead atoms. The van der Waals surface area contributed by atoms with Gasteiger partial charge in [0.05, 0.1) is 11.8 Å². The molecule has 0 aliphatic heterocycles. The maximum atomic E-state index is 11.5. The zero-order chi connectivity index (χ0) is 15.5. The van der Waals surface area contributed by atoms with Crippen LogP contribution in [0.25, 0.3) is 16.9 Å². The van der Waals surface area contributed by atoms with E-state index in [4.69, 9.17) is 5.26 Å². The zero-order valence-corrected chi connectivity index (χ0v) is 12.1. The predicted octanol–water partition coefficient (Wildman–Crippen LogP) is 3.16. The Kier molecular flexibility index (Phi) is 3.58. The van der Waals surface area contributed by atoms with Crippen molar-refractivity contribution in [2.24, 2.45) is 0 Å². The second-order valence-corrected chi connectivity index (χ2v) is 5.01. The molecule has 1 N–H and O–H groups in total. The van der Waals surface area contributed by atoms with Gasteiger partial charge >= 0.3 is 0 Å². The maximum Gasteiger partial charge on any atom is 0.238 e. The minimum Gasteiger partial charge on any atom is -0.325 e. The standard InChI is InChI=1S/C17H14N4O/c1-12-4-3-9-21-11-15(20-17(12)21)13-5-2-6-14(10-13)19-16(22)7-8-18/h2-6,9-11H,7H2,1H3,(H,19,22). The molecule has 5 nitrogen and oxygen atoms in total. The van der Waals surface area contributed by atoms with E-state index in [9.17, 15) is 4.79 Å². The third-order valence-electron chi connectivity index (χ3n) is 3.36. The topological polar surface area (TPSA) is 70.2 Å². The molecule has 0 aliphatic rings. The quantitative estimate of drug-likeness (QED) is 0.805. The lowest BCUT2D eigenvalue weighted by Gasteiger charge is -2.04. The molecule has 22 heavy (non-hydrogen) atoms. The van der Waals surface area contributed by atoms with E-state index < -0.39 is 0 Å². The number of rotatable bonds is 3. The van der Waals surface area contributed by atoms with E-state index in [1.165, 1.54) is 0 Å². The molecule has 5 heteroatoms. The molecule has 1 amide bonds. The highest BCUT2D eigenvalue weighted by Crippen LogP contribution is 2.23. The van der Waals surface area contributed by atoms with E-state index in [2.05, 4.69) is 10.3 Å². The van der Waals surface area contributed by atoms with Crippen LogP contribution in [-0.2, 0) is 4.79 Å². The van der Waals surface area contributed by atoms with Crippen molar-refractivity contribution in [3.05, 3.63) is 54.4 Å². The van der Waals surface area contributed by atoms with Crippen molar-refractivity contribution in [3.8, 4) is 17.3 Å². The average molecular weight is 290 g/mol. The molecule has 0 spiro atoms. The molecule has 108 valence electrons. The maximum absolute atomic E-state index is 11.5. The van der Waals surface area contributed by atoms with Crippen LogP contribution in [0.4, 0.5) is 5.69 Å². The highest BCUT2D eigenvalue weighted by atomic mass is 16.1. The number of carbonyl (C=O) groups excluding carboxylic acids is 1. The number of hydrogen-bond acceptors (Lipinski definition) is 3. The minimum absolute atomic E-state index is 0.155. The highest BCUT2D eigenvalue weighted by molar-refractivity contribution is 5.92. The van der Waals surface area contributed by atoms with Gasteiger partial charge in [-0.1, -0.05) is 18.2 Å². The fraction of sp³-hybridized carbons (Fsp3) is 0.118. The van der Waals surface area contributed by atoms with Crippen LogP contribution in [0.5, 0.6) is 0 Å². The van der Waals surface area contributed by atoms with Crippen LogP contribution in [0.2, 0.25) is 0 Å². The summed E-state index contributed by atoms with van der Waals surface area (Å²) >= 11 is 0. The van der Waals surface area contributed by atoms with Gasteiger partial charge in [-0.3, -0.25) is 4.79 Å². The van der Waals surface area contributed by atoms with Crippen molar-refractivity contribution in [3.63, 3.8) is 0 Å². The van der Waals surface area contributed by atoms with E-state index >= 15 is 0 Å². The number of carbonyl (C=O) groups is 1. The summed E-state index contributed by atoms with van der Waals surface area (Å²) in [5.74, 6) is -0.314. The van der Waals surface area contributed by atoms with Crippen molar-refractivity contribution < 1.29 is 4.79 Å². The molecule has 0 radical (unpaired) electrons. The van der Waals surface area contributed by atoms with E-state index in [-0.39, 0.29) is 12.3 Å². The first-order chi connectivity index (χ1) is 10.7. The summed E-state index contributed by atoms with van der Waals surface area (Å²) in [5, 5.41) is 11.2. The van der Waals surface area contributed by atoms with Crippen LogP contribution in [0.15, 0.2) is 48.8 Å². The molecular formula is C17H14N4O. The fourth-order valence-corrected chi connectivity index (χ4v) is 2.33. The van der Waals surface area contributed by atoms with Gasteiger partial charge in [0.2, 0.25) is 5.91 Å². The Labute approximate surface area is 127 Å². The number of aromatic nitrogens is 2. The normalized spacial score (nSPS) is 10.4. The number of benzene rings is 1. The van der Waals surface area contributed by atoms with Gasteiger partial charge in [0, 0.05) is 23.6 Å². The van der Waals surface area contributed by atoms with E-state index in [1.54, 1.807) is 6.07 Å². The van der Waals surface area contributed by atoms with Crippen LogP contribution in [-0.4, -0.2) is 15.3 Å². The Balaban J connectivity index is 1.95. The molecule has 1 aromatic carbocycles. The number of imidazole rings is 1. The molecule has 3 aromatic rings. The zero-order valence-electron chi connectivity index (χ0n) is 12.1. The molecule has 0 unspecified atom stereocenters. The Morgan fingerprint density at radius 1 is 1.36 bits per heavy atom. The SMILES string of the molecule is Cc1cccn2cc(-c3cccc(NC(=O)CC#N)c3)nc12. The van der Waals surface area contributed by atoms with E-state index in [0.717, 1.165) is 22.5 Å². The number of fused-ring (bicyclic) bond motifs is 1. The first kappa shape index (κ1) is 13.8. The fourth-order valence-electron chi connectivity index (χ4n) is 2.33. The average Bonchev–Trinajstić information content (AvgIpc) is 2.93. The third-order valence-corrected chi connectivity index (χ3v) is 3.36. The van der Waals surface area contributed by atoms with Crippen molar-refractivity contribution in [2.45, 2.75) is 13.3 Å². The largest absolute Gasteiger partial charge is 0.325 e. The summed E-state index contributed by atoms with van der Waals surface area (Å²) in [6.45, 7) is 2.02. The molecule has 0 fully saturated rings. The van der Waals surface area contributed by atoms with Gasteiger partial charge in [0.25, 0.3) is 0 Å². The van der Waals surface area contributed by atoms with Crippen molar-refractivity contribution >= 4 is 17.2 Å². The highest BCUT2D eigenvalue weighted by Gasteiger charge is 2.07. The van der Waals surface area contributed by atoms with Crippen LogP contribution < -0.4 is 5.32 Å². The summed E-state index contributed by atoms with van der Waals surface area (Å²) < 4.78 is 1.98. The summed E-state index contributed by atoms with van der Waals surface area (Å²) in [4.78, 5) is 16.1. The molecule has 2 aromatic heterocycles. The number of nitrogens with one attached hydrogen (secondary N) is 1. The van der Waals surface area contributed by atoms with Gasteiger partial charge in [-0.05, 0) is 30.7 Å². The number of nitriles is 1. The second kappa shape index (κ2) is 5.70. The van der Waals surface area contributed by atoms with Crippen LogP contribution in [0.3, 0.4) is 0 Å². The Hall–Kier alpha value is -3.13. The van der Waals surface area contributed by atoms with Gasteiger partial charge in [0.1, 0.15) is 12.1 Å². The van der Waals surface area contributed by atoms with E-state index in [0.29, 0.717) is 5.69 Å². The lowest BCUT2D eigenvalue weighted by atomic mass is 10.1. The van der Waals surface area contributed by atoms with Gasteiger partial charge in [-0.25, -0.2) is 4.98 Å². The lowest BCUT2D eigenvalue weighted by Crippen LogP contribution is -2.09. The van der Waals surface area contributed by atoms with Gasteiger partial charge in [-0.2, -0.15) is 5.26 Å². The number of nitrogens with zero attached hydrogens (tertiary/aromatic N) is 3. The van der Waals surface area contributed by atoms with Crippen molar-refractivity contribution in [2.75, 3.05) is 5.32 Å². The van der Waals surface area contributed by atoms with Crippen LogP contribution in [0.1, 0.15) is 12.0 Å². The van der Waals surface area contributed by atoms with Gasteiger partial charge < -0.3 is 9.72 Å². The molecule has 0 atom stereocenters. The number of amides is 1. The third kappa shape index (κ3) is 2.67. The van der Waals surface area contributed by atoms with Crippen LogP contribution >= 0.6 is 0 Å². The molecule has 0 saturated heterocycles. The van der Waals surface area contributed by atoms with E-state index in [1.807, 2.05) is 60.1 Å². The molecule has 0 aliphatic carbocycles. The molecule has 0 saturated carbocycles. The monoisotopic (exact) mass is 290 g/mol. The second-order valence-electron chi connectivity index (χ2n) is 5.01. The first-order valence-corrected chi connectivity index (χ1v) is 6.89. The first-order valence-electron chi connectivity index (χ1n) is 6.89. The molecule has 2 heterocycles.